The van der Waals surface area contributed by atoms with Crippen LogP contribution in [0, 0.1) is 0 Å². The quantitative estimate of drug-likeness (QED) is 0.546. The third-order valence-corrected chi connectivity index (χ3v) is 4.56. The van der Waals surface area contributed by atoms with Gasteiger partial charge in [0.05, 0.1) is 0 Å². The summed E-state index contributed by atoms with van der Waals surface area (Å²) in [6, 6.07) is 6.10. The number of carbonyl (C=O) groups is 3. The summed E-state index contributed by atoms with van der Waals surface area (Å²) < 4.78 is 0. The smallest absolute Gasteiger partial charge is 0.325 e. The van der Waals surface area contributed by atoms with Crippen molar-refractivity contribution >= 4 is 35.1 Å². The van der Waals surface area contributed by atoms with Gasteiger partial charge in [0.2, 0.25) is 5.91 Å². The molecular formula is C18H24ClN3O3. The van der Waals surface area contributed by atoms with E-state index in [0.717, 1.165) is 30.6 Å². The first-order valence-corrected chi connectivity index (χ1v) is 8.93. The Kier molecular flexibility index (Phi) is 6.42. The molecule has 0 aliphatic carbocycles. The summed E-state index contributed by atoms with van der Waals surface area (Å²) in [4.78, 5) is 37.8. The van der Waals surface area contributed by atoms with E-state index in [4.69, 9.17) is 11.6 Å². The molecule has 1 saturated heterocycles. The van der Waals surface area contributed by atoms with E-state index in [1.54, 1.807) is 31.2 Å². The summed E-state index contributed by atoms with van der Waals surface area (Å²) >= 11 is 5.80. The zero-order chi connectivity index (χ0) is 18.4. The Hall–Kier alpha value is -2.08. The molecule has 0 unspecified atom stereocenters. The van der Waals surface area contributed by atoms with Crippen LogP contribution < -0.4 is 10.6 Å². The number of unbranched alkanes of at least 4 members (excludes halogenated alkanes) is 3. The second-order valence-corrected chi connectivity index (χ2v) is 6.96. The van der Waals surface area contributed by atoms with Crippen molar-refractivity contribution in [1.29, 1.82) is 0 Å². The second kappa shape index (κ2) is 8.34. The van der Waals surface area contributed by atoms with Gasteiger partial charge < -0.3 is 10.6 Å². The van der Waals surface area contributed by atoms with E-state index in [0.29, 0.717) is 17.1 Å². The van der Waals surface area contributed by atoms with E-state index in [1.165, 1.54) is 0 Å². The van der Waals surface area contributed by atoms with Crippen LogP contribution in [-0.2, 0) is 9.59 Å². The predicted octanol–water partition coefficient (Wildman–Crippen LogP) is 3.56. The fraction of sp³-hybridized carbons (Fsp3) is 0.500. The molecule has 4 amide bonds. The number of rotatable bonds is 8. The average molecular weight is 366 g/mol. The van der Waals surface area contributed by atoms with Crippen LogP contribution in [-0.4, -0.2) is 34.8 Å². The van der Waals surface area contributed by atoms with Gasteiger partial charge in [-0.2, -0.15) is 0 Å². The van der Waals surface area contributed by atoms with E-state index in [-0.39, 0.29) is 12.5 Å². The van der Waals surface area contributed by atoms with Crippen LogP contribution in [0.4, 0.5) is 10.5 Å². The molecule has 1 aromatic carbocycles. The number of carbonyl (C=O) groups excluding carboxylic acids is 3. The van der Waals surface area contributed by atoms with Crippen molar-refractivity contribution in [1.82, 2.24) is 10.2 Å². The Morgan fingerprint density at radius 2 is 1.88 bits per heavy atom. The topological polar surface area (TPSA) is 78.5 Å². The summed E-state index contributed by atoms with van der Waals surface area (Å²) in [7, 11) is 0. The molecule has 0 spiro atoms. The summed E-state index contributed by atoms with van der Waals surface area (Å²) in [6.07, 6.45) is 4.67. The van der Waals surface area contributed by atoms with Crippen LogP contribution in [0.15, 0.2) is 24.3 Å². The molecule has 1 atom stereocenters. The highest BCUT2D eigenvalue weighted by molar-refractivity contribution is 6.30. The molecule has 1 heterocycles. The van der Waals surface area contributed by atoms with Gasteiger partial charge in [0.25, 0.3) is 5.91 Å². The predicted molar refractivity (Wildman–Crippen MR) is 97.5 cm³/mol. The largest absolute Gasteiger partial charge is 0.325 e. The first kappa shape index (κ1) is 19.2. The molecule has 6 nitrogen and oxygen atoms in total. The van der Waals surface area contributed by atoms with E-state index < -0.39 is 17.5 Å². The Bertz CT molecular complexity index is 647. The molecular weight excluding hydrogens is 342 g/mol. The summed E-state index contributed by atoms with van der Waals surface area (Å²) in [5, 5.41) is 5.94. The second-order valence-electron chi connectivity index (χ2n) is 6.52. The monoisotopic (exact) mass is 365 g/mol. The highest BCUT2D eigenvalue weighted by Crippen LogP contribution is 2.24. The Labute approximate surface area is 152 Å². The molecule has 136 valence electrons. The minimum absolute atomic E-state index is 0.308. The van der Waals surface area contributed by atoms with E-state index in [1.807, 2.05) is 0 Å². The van der Waals surface area contributed by atoms with Crippen molar-refractivity contribution in [3.8, 4) is 0 Å². The Balaban J connectivity index is 1.92. The fourth-order valence-electron chi connectivity index (χ4n) is 2.84. The van der Waals surface area contributed by atoms with Gasteiger partial charge >= 0.3 is 6.03 Å². The lowest BCUT2D eigenvalue weighted by molar-refractivity contribution is -0.133. The zero-order valence-corrected chi connectivity index (χ0v) is 15.4. The lowest BCUT2D eigenvalue weighted by Crippen LogP contribution is -2.44. The van der Waals surface area contributed by atoms with Gasteiger partial charge in [-0.3, -0.25) is 14.5 Å². The first-order chi connectivity index (χ1) is 11.9. The van der Waals surface area contributed by atoms with Crippen LogP contribution in [0.3, 0.4) is 0 Å². The average Bonchev–Trinajstić information content (AvgIpc) is 2.77. The third-order valence-electron chi connectivity index (χ3n) is 4.31. The molecule has 25 heavy (non-hydrogen) atoms. The van der Waals surface area contributed by atoms with Gasteiger partial charge in [-0.05, 0) is 37.6 Å². The fourth-order valence-corrected chi connectivity index (χ4v) is 2.97. The van der Waals surface area contributed by atoms with Crippen LogP contribution >= 0.6 is 11.6 Å². The van der Waals surface area contributed by atoms with Crippen molar-refractivity contribution < 1.29 is 14.4 Å². The van der Waals surface area contributed by atoms with Crippen molar-refractivity contribution in [2.75, 3.05) is 11.9 Å². The van der Waals surface area contributed by atoms with Gasteiger partial charge in [-0.1, -0.05) is 44.2 Å². The first-order valence-electron chi connectivity index (χ1n) is 8.55. The van der Waals surface area contributed by atoms with Crippen molar-refractivity contribution in [3.05, 3.63) is 29.3 Å². The number of benzene rings is 1. The standard InChI is InChI=1S/C18H24ClN3O3/c1-3-4-5-6-11-18(2)16(24)22(17(25)21-18)12-15(23)20-14-9-7-13(19)8-10-14/h7-10H,3-6,11-12H2,1-2H3,(H,20,23)(H,21,25)/t18-/m1/s1. The third kappa shape index (κ3) is 4.95. The van der Waals surface area contributed by atoms with Crippen molar-refractivity contribution in [2.45, 2.75) is 51.5 Å². The lowest BCUT2D eigenvalue weighted by Gasteiger charge is -2.21. The van der Waals surface area contributed by atoms with Crippen LogP contribution in [0.5, 0.6) is 0 Å². The molecule has 0 bridgehead atoms. The number of nitrogens with zero attached hydrogens (tertiary/aromatic N) is 1. The van der Waals surface area contributed by atoms with Gasteiger partial charge in [0.15, 0.2) is 0 Å². The van der Waals surface area contributed by atoms with Gasteiger partial charge in [-0.15, -0.1) is 0 Å². The maximum absolute atomic E-state index is 12.6. The maximum atomic E-state index is 12.6. The summed E-state index contributed by atoms with van der Waals surface area (Å²) in [6.45, 7) is 3.53. The molecule has 0 saturated carbocycles. The number of hydrogen-bond donors (Lipinski definition) is 2. The summed E-state index contributed by atoms with van der Waals surface area (Å²) in [5.74, 6) is -0.777. The Morgan fingerprint density at radius 3 is 2.52 bits per heavy atom. The Morgan fingerprint density at radius 1 is 1.20 bits per heavy atom. The molecule has 0 radical (unpaired) electrons. The number of amides is 4. The molecule has 0 aromatic heterocycles. The molecule has 2 N–H and O–H groups in total. The van der Waals surface area contributed by atoms with Crippen molar-refractivity contribution in [3.63, 3.8) is 0 Å². The molecule has 1 fully saturated rings. The van der Waals surface area contributed by atoms with Gasteiger partial charge in [0, 0.05) is 10.7 Å². The van der Waals surface area contributed by atoms with E-state index >= 15 is 0 Å². The molecule has 1 aliphatic rings. The highest BCUT2D eigenvalue weighted by Gasteiger charge is 2.47. The van der Waals surface area contributed by atoms with E-state index in [9.17, 15) is 14.4 Å². The minimum atomic E-state index is -0.925. The van der Waals surface area contributed by atoms with Crippen LogP contribution in [0.1, 0.15) is 46.0 Å². The maximum Gasteiger partial charge on any atom is 0.325 e. The number of halogens is 1. The molecule has 1 aliphatic heterocycles. The number of urea groups is 1. The van der Waals surface area contributed by atoms with Crippen LogP contribution in [0.2, 0.25) is 5.02 Å². The zero-order valence-electron chi connectivity index (χ0n) is 14.6. The van der Waals surface area contributed by atoms with Gasteiger partial charge in [-0.25, -0.2) is 4.79 Å². The van der Waals surface area contributed by atoms with E-state index in [2.05, 4.69) is 17.6 Å². The minimum Gasteiger partial charge on any atom is -0.325 e. The number of nitrogens with one attached hydrogen (secondary N) is 2. The molecule has 1 aromatic rings. The molecule has 2 rings (SSSR count). The number of hydrogen-bond acceptors (Lipinski definition) is 3. The number of imide groups is 1. The molecule has 7 heteroatoms. The normalized spacial score (nSPS) is 19.9. The SMILES string of the molecule is CCCCCC[C@@]1(C)NC(=O)N(CC(=O)Nc2ccc(Cl)cc2)C1=O. The highest BCUT2D eigenvalue weighted by atomic mass is 35.5. The van der Waals surface area contributed by atoms with Crippen LogP contribution in [0.25, 0.3) is 0 Å². The number of anilines is 1. The summed E-state index contributed by atoms with van der Waals surface area (Å²) in [5.41, 5.74) is -0.366. The van der Waals surface area contributed by atoms with Crippen molar-refractivity contribution in [2.24, 2.45) is 0 Å². The lowest BCUT2D eigenvalue weighted by atomic mass is 9.94. The van der Waals surface area contributed by atoms with Gasteiger partial charge in [0.1, 0.15) is 12.1 Å².